The summed E-state index contributed by atoms with van der Waals surface area (Å²) in [5.41, 5.74) is 3.66. The van der Waals surface area contributed by atoms with Gasteiger partial charge in [0.1, 0.15) is 0 Å². The third-order valence-corrected chi connectivity index (χ3v) is 3.49. The summed E-state index contributed by atoms with van der Waals surface area (Å²) in [6, 6.07) is 15.6. The second kappa shape index (κ2) is 7.02. The second-order valence-corrected chi connectivity index (χ2v) is 5.16. The van der Waals surface area contributed by atoms with Crippen LogP contribution in [0.3, 0.4) is 0 Å². The molecule has 3 nitrogen and oxygen atoms in total. The predicted molar refractivity (Wildman–Crippen MR) is 86.6 cm³/mol. The Morgan fingerprint density at radius 3 is 2.38 bits per heavy atom. The van der Waals surface area contributed by atoms with Gasteiger partial charge in [-0.1, -0.05) is 12.1 Å². The number of hydrogen-bond acceptors (Lipinski definition) is 3. The van der Waals surface area contributed by atoms with E-state index >= 15 is 0 Å². The minimum absolute atomic E-state index is 0.766. The van der Waals surface area contributed by atoms with E-state index in [1.54, 1.807) is 14.2 Å². The number of methoxy groups -OCH3 is 2. The van der Waals surface area contributed by atoms with Crippen molar-refractivity contribution in [2.24, 2.45) is 0 Å². The summed E-state index contributed by atoms with van der Waals surface area (Å²) in [5, 5.41) is 0. The average Bonchev–Trinajstić information content (AvgIpc) is 2.52. The van der Waals surface area contributed by atoms with E-state index in [2.05, 4.69) is 29.2 Å². The van der Waals surface area contributed by atoms with Crippen molar-refractivity contribution in [2.45, 2.75) is 12.8 Å². The molecule has 0 bridgehead atoms. The lowest BCUT2D eigenvalue weighted by Crippen LogP contribution is -2.08. The van der Waals surface area contributed by atoms with Crippen LogP contribution in [0.4, 0.5) is 5.69 Å². The first kappa shape index (κ1) is 15.2. The van der Waals surface area contributed by atoms with Gasteiger partial charge in [-0.2, -0.15) is 0 Å². The predicted octanol–water partition coefficient (Wildman–Crippen LogP) is 3.36. The number of anilines is 1. The van der Waals surface area contributed by atoms with Crippen LogP contribution in [0.2, 0.25) is 0 Å². The quantitative estimate of drug-likeness (QED) is 0.812. The Hall–Kier alpha value is -2.16. The Kier molecular flexibility index (Phi) is 5.09. The van der Waals surface area contributed by atoms with Gasteiger partial charge in [0.15, 0.2) is 11.5 Å². The maximum absolute atomic E-state index is 5.34. The molecule has 0 aliphatic carbocycles. The Morgan fingerprint density at radius 1 is 0.952 bits per heavy atom. The molecule has 0 spiro atoms. The lowest BCUT2D eigenvalue weighted by Gasteiger charge is -2.13. The molecule has 0 saturated heterocycles. The SMILES string of the molecule is COc1ccc(CCc2[c]ccc(N(C)C)c2)cc1OC. The number of ether oxygens (including phenoxy) is 2. The first-order valence-electron chi connectivity index (χ1n) is 7.03. The molecule has 1 radical (unpaired) electrons. The maximum Gasteiger partial charge on any atom is 0.160 e. The van der Waals surface area contributed by atoms with E-state index in [-0.39, 0.29) is 0 Å². The fourth-order valence-corrected chi connectivity index (χ4v) is 2.24. The Labute approximate surface area is 127 Å². The molecule has 0 unspecified atom stereocenters. The van der Waals surface area contributed by atoms with E-state index in [0.29, 0.717) is 0 Å². The standard InChI is InChI=1S/C18H22NO2/c1-19(2)16-7-5-6-14(12-16)8-9-15-10-11-17(20-3)18(13-15)21-4/h5,7,10-13H,8-9H2,1-4H3. The molecule has 111 valence electrons. The summed E-state index contributed by atoms with van der Waals surface area (Å²) in [6.45, 7) is 0. The number of benzene rings is 2. The fourth-order valence-electron chi connectivity index (χ4n) is 2.24. The van der Waals surface area contributed by atoms with Gasteiger partial charge in [0.25, 0.3) is 0 Å². The zero-order valence-corrected chi connectivity index (χ0v) is 13.1. The van der Waals surface area contributed by atoms with Gasteiger partial charge in [-0.15, -0.1) is 0 Å². The van der Waals surface area contributed by atoms with Crippen LogP contribution in [-0.4, -0.2) is 28.3 Å². The van der Waals surface area contributed by atoms with Crippen molar-refractivity contribution in [3.8, 4) is 11.5 Å². The van der Waals surface area contributed by atoms with Crippen LogP contribution < -0.4 is 14.4 Å². The lowest BCUT2D eigenvalue weighted by atomic mass is 10.0. The molecule has 0 aliphatic rings. The van der Waals surface area contributed by atoms with Crippen LogP contribution in [0.1, 0.15) is 11.1 Å². The average molecular weight is 284 g/mol. The van der Waals surface area contributed by atoms with Crippen LogP contribution in [-0.2, 0) is 12.8 Å². The van der Waals surface area contributed by atoms with Gasteiger partial charge in [-0.25, -0.2) is 0 Å². The number of aryl methyl sites for hydroxylation is 2. The van der Waals surface area contributed by atoms with Gasteiger partial charge in [-0.3, -0.25) is 0 Å². The van der Waals surface area contributed by atoms with Crippen molar-refractivity contribution in [3.05, 3.63) is 53.6 Å². The van der Waals surface area contributed by atoms with Crippen LogP contribution in [0, 0.1) is 6.07 Å². The smallest absolute Gasteiger partial charge is 0.160 e. The summed E-state index contributed by atoms with van der Waals surface area (Å²) in [6.07, 6.45) is 1.91. The van der Waals surface area contributed by atoms with Gasteiger partial charge in [0, 0.05) is 19.8 Å². The Morgan fingerprint density at radius 2 is 1.71 bits per heavy atom. The first-order valence-corrected chi connectivity index (χ1v) is 7.03. The highest BCUT2D eigenvalue weighted by molar-refractivity contribution is 5.47. The molecule has 0 saturated carbocycles. The molecule has 2 aromatic carbocycles. The summed E-state index contributed by atoms with van der Waals surface area (Å²) < 4.78 is 10.6. The van der Waals surface area contributed by atoms with Gasteiger partial charge in [-0.05, 0) is 54.3 Å². The third kappa shape index (κ3) is 3.91. The second-order valence-electron chi connectivity index (χ2n) is 5.16. The largest absolute Gasteiger partial charge is 0.493 e. The third-order valence-electron chi connectivity index (χ3n) is 3.49. The van der Waals surface area contributed by atoms with Gasteiger partial charge in [0.2, 0.25) is 0 Å². The van der Waals surface area contributed by atoms with E-state index in [9.17, 15) is 0 Å². The zero-order valence-electron chi connectivity index (χ0n) is 13.1. The molecule has 2 rings (SSSR count). The zero-order chi connectivity index (χ0) is 15.2. The maximum atomic E-state index is 5.34. The van der Waals surface area contributed by atoms with Crippen LogP contribution in [0.5, 0.6) is 11.5 Å². The minimum Gasteiger partial charge on any atom is -0.493 e. The molecular weight excluding hydrogens is 262 g/mol. The molecule has 0 heterocycles. The van der Waals surface area contributed by atoms with E-state index < -0.39 is 0 Å². The van der Waals surface area contributed by atoms with Gasteiger partial charge >= 0.3 is 0 Å². The monoisotopic (exact) mass is 284 g/mol. The molecule has 0 aromatic heterocycles. The highest BCUT2D eigenvalue weighted by Gasteiger charge is 2.05. The number of hydrogen-bond donors (Lipinski definition) is 0. The molecule has 2 aromatic rings. The Bertz CT molecular complexity index is 594. The highest BCUT2D eigenvalue weighted by atomic mass is 16.5. The van der Waals surface area contributed by atoms with Gasteiger partial charge < -0.3 is 14.4 Å². The Balaban J connectivity index is 2.07. The number of rotatable bonds is 6. The minimum atomic E-state index is 0.766. The molecule has 21 heavy (non-hydrogen) atoms. The normalized spacial score (nSPS) is 10.3. The van der Waals surface area contributed by atoms with E-state index in [4.69, 9.17) is 9.47 Å². The van der Waals surface area contributed by atoms with Gasteiger partial charge in [0.05, 0.1) is 14.2 Å². The van der Waals surface area contributed by atoms with Crippen molar-refractivity contribution in [1.29, 1.82) is 0 Å². The van der Waals surface area contributed by atoms with Crippen LogP contribution >= 0.6 is 0 Å². The van der Waals surface area contributed by atoms with Crippen LogP contribution in [0.25, 0.3) is 0 Å². The molecule has 0 amide bonds. The fraction of sp³-hybridized carbons (Fsp3) is 0.333. The van der Waals surface area contributed by atoms with E-state index in [0.717, 1.165) is 24.3 Å². The summed E-state index contributed by atoms with van der Waals surface area (Å²) >= 11 is 0. The molecule has 0 N–H and O–H groups in total. The molecule has 3 heteroatoms. The van der Waals surface area contributed by atoms with Crippen molar-refractivity contribution in [1.82, 2.24) is 0 Å². The topological polar surface area (TPSA) is 21.7 Å². The lowest BCUT2D eigenvalue weighted by molar-refractivity contribution is 0.354. The number of nitrogens with zero attached hydrogens (tertiary/aromatic N) is 1. The van der Waals surface area contributed by atoms with Crippen molar-refractivity contribution >= 4 is 5.69 Å². The van der Waals surface area contributed by atoms with E-state index in [1.165, 1.54) is 16.8 Å². The summed E-state index contributed by atoms with van der Waals surface area (Å²) in [5.74, 6) is 1.54. The molecule has 0 fully saturated rings. The van der Waals surface area contributed by atoms with Crippen molar-refractivity contribution in [2.75, 3.05) is 33.2 Å². The molecule has 0 atom stereocenters. The van der Waals surface area contributed by atoms with Crippen LogP contribution in [0.15, 0.2) is 36.4 Å². The first-order chi connectivity index (χ1) is 10.1. The summed E-state index contributed by atoms with van der Waals surface area (Å²) in [4.78, 5) is 2.10. The molecular formula is C18H22NO2. The van der Waals surface area contributed by atoms with E-state index in [1.807, 2.05) is 32.3 Å². The van der Waals surface area contributed by atoms with Crippen molar-refractivity contribution in [3.63, 3.8) is 0 Å². The molecule has 0 aliphatic heterocycles. The summed E-state index contributed by atoms with van der Waals surface area (Å²) in [7, 11) is 7.41. The highest BCUT2D eigenvalue weighted by Crippen LogP contribution is 2.28. The van der Waals surface area contributed by atoms with Crippen molar-refractivity contribution < 1.29 is 9.47 Å².